The number of amides is 1. The molecule has 4 rings (SSSR count). The molecule has 0 radical (unpaired) electrons. The number of halogens is 4. The maximum atomic E-state index is 14.3. The molecule has 12 heteroatoms. The lowest BCUT2D eigenvalue weighted by molar-refractivity contribution is -0.140. The number of nitrogens with two attached hydrogens (primary N) is 1. The van der Waals surface area contributed by atoms with Gasteiger partial charge in [0, 0.05) is 30.1 Å². The molecule has 1 aromatic heterocycles. The highest BCUT2D eigenvalue weighted by Gasteiger charge is 2.34. The summed E-state index contributed by atoms with van der Waals surface area (Å²) < 4.78 is 59.6. The number of nitrogens with zero attached hydrogens (tertiary/aromatic N) is 5. The Hall–Kier alpha value is -4.22. The van der Waals surface area contributed by atoms with Gasteiger partial charge in [-0.2, -0.15) is 18.3 Å². The van der Waals surface area contributed by atoms with Crippen LogP contribution in [0.3, 0.4) is 0 Å². The van der Waals surface area contributed by atoms with Crippen LogP contribution in [0, 0.1) is 5.82 Å². The summed E-state index contributed by atoms with van der Waals surface area (Å²) in [5.74, 6) is 5.12. The largest absolute Gasteiger partial charge is 0.495 e. The van der Waals surface area contributed by atoms with Crippen molar-refractivity contribution in [3.63, 3.8) is 0 Å². The number of hydrogen-bond acceptors (Lipinski definition) is 6. The van der Waals surface area contributed by atoms with E-state index in [-0.39, 0.29) is 29.6 Å². The van der Waals surface area contributed by atoms with E-state index in [0.29, 0.717) is 28.9 Å². The number of likely N-dealkylation sites (N-methyl/N-ethyl adjacent to an activating group) is 1. The van der Waals surface area contributed by atoms with Crippen molar-refractivity contribution in [1.82, 2.24) is 9.55 Å². The van der Waals surface area contributed by atoms with Crippen molar-refractivity contribution in [3.05, 3.63) is 71.6 Å². The number of anilines is 1. The first-order chi connectivity index (χ1) is 17.1. The Bertz CT molecular complexity index is 1350. The zero-order valence-electron chi connectivity index (χ0n) is 19.3. The average molecular weight is 502 g/mol. The summed E-state index contributed by atoms with van der Waals surface area (Å²) in [5.41, 5.74) is 0.904. The fourth-order valence-corrected chi connectivity index (χ4v) is 3.99. The molecule has 2 aromatic carbocycles. The van der Waals surface area contributed by atoms with Gasteiger partial charge in [0.2, 0.25) is 0 Å². The van der Waals surface area contributed by atoms with Crippen molar-refractivity contribution in [3.8, 4) is 11.4 Å². The number of hydrogen-bond donors (Lipinski definition) is 1. The van der Waals surface area contributed by atoms with Gasteiger partial charge in [0.25, 0.3) is 5.91 Å². The number of carbonyl (C=O) groups is 1. The van der Waals surface area contributed by atoms with E-state index in [0.717, 1.165) is 12.5 Å². The Morgan fingerprint density at radius 2 is 2.03 bits per heavy atom. The summed E-state index contributed by atoms with van der Waals surface area (Å²) in [6, 6.07) is 8.43. The van der Waals surface area contributed by atoms with Gasteiger partial charge >= 0.3 is 6.18 Å². The standard InChI is InChI=1S/C24H22F4N6O2/c1-33-19-5-3-4-16(25)15(19)7-8-17(23(33)35)30-11-18(32-29)14-6-9-20(21(10-14)36-2)34-12-22(31-13-34)24(26,27)28/h3-6,9-13,17H,7-8,29H2,1-2H3. The molecule has 1 aliphatic rings. The highest BCUT2D eigenvalue weighted by molar-refractivity contribution is 6.38. The van der Waals surface area contributed by atoms with Crippen molar-refractivity contribution in [2.24, 2.45) is 15.9 Å². The number of aliphatic imine (C=N–C) groups is 1. The number of methoxy groups -OCH3 is 1. The second kappa shape index (κ2) is 9.80. The van der Waals surface area contributed by atoms with E-state index in [1.165, 1.54) is 41.0 Å². The molecule has 1 aliphatic heterocycles. The number of fused-ring (bicyclic) bond motifs is 1. The normalized spacial score (nSPS) is 16.8. The van der Waals surface area contributed by atoms with Gasteiger partial charge in [0.15, 0.2) is 5.69 Å². The minimum atomic E-state index is -4.58. The Labute approximate surface area is 203 Å². The van der Waals surface area contributed by atoms with Crippen molar-refractivity contribution in [1.29, 1.82) is 0 Å². The van der Waals surface area contributed by atoms with Crippen molar-refractivity contribution in [2.75, 3.05) is 19.1 Å². The SMILES string of the molecule is COc1cc(C(C=NC2CCc3c(F)cccc3N(C)C2=O)=NN)ccc1-n1cnc(C(F)(F)F)c1. The Kier molecular flexibility index (Phi) is 6.77. The molecule has 0 aliphatic carbocycles. The second-order valence-corrected chi connectivity index (χ2v) is 8.03. The third-order valence-electron chi connectivity index (χ3n) is 5.88. The van der Waals surface area contributed by atoms with Gasteiger partial charge < -0.3 is 20.0 Å². The lowest BCUT2D eigenvalue weighted by atomic mass is 10.1. The van der Waals surface area contributed by atoms with Crippen LogP contribution in [0.2, 0.25) is 0 Å². The number of imidazole rings is 1. The zero-order valence-corrected chi connectivity index (χ0v) is 19.3. The predicted octanol–water partition coefficient (Wildman–Crippen LogP) is 3.75. The molecule has 0 saturated heterocycles. The molecule has 3 aromatic rings. The van der Waals surface area contributed by atoms with Crippen molar-refractivity contribution < 1.29 is 27.1 Å². The van der Waals surface area contributed by atoms with Gasteiger partial charge in [-0.1, -0.05) is 12.1 Å². The third-order valence-corrected chi connectivity index (χ3v) is 5.88. The van der Waals surface area contributed by atoms with Crippen LogP contribution in [0.1, 0.15) is 23.2 Å². The summed E-state index contributed by atoms with van der Waals surface area (Å²) in [7, 11) is 2.94. The van der Waals surface area contributed by atoms with Gasteiger partial charge in [0.1, 0.15) is 23.3 Å². The number of rotatable bonds is 5. The Morgan fingerprint density at radius 1 is 1.25 bits per heavy atom. The molecular formula is C24H22F4N6O2. The summed E-state index contributed by atoms with van der Waals surface area (Å²) in [6.45, 7) is 0. The summed E-state index contributed by atoms with van der Waals surface area (Å²) in [5, 5.41) is 3.74. The highest BCUT2D eigenvalue weighted by Crippen LogP contribution is 2.31. The molecular weight excluding hydrogens is 480 g/mol. The van der Waals surface area contributed by atoms with E-state index in [1.807, 2.05) is 0 Å². The number of aromatic nitrogens is 2. The first kappa shape index (κ1) is 24.9. The number of ether oxygens (including phenoxy) is 1. The fourth-order valence-electron chi connectivity index (χ4n) is 3.99. The average Bonchev–Trinajstić information content (AvgIpc) is 3.32. The highest BCUT2D eigenvalue weighted by atomic mass is 19.4. The second-order valence-electron chi connectivity index (χ2n) is 8.03. The van der Waals surface area contributed by atoms with Crippen molar-refractivity contribution >= 4 is 23.5 Å². The van der Waals surface area contributed by atoms with E-state index >= 15 is 0 Å². The minimum absolute atomic E-state index is 0.213. The number of hydrazone groups is 1. The van der Waals surface area contributed by atoms with Crippen LogP contribution >= 0.6 is 0 Å². The van der Waals surface area contributed by atoms with E-state index in [4.69, 9.17) is 10.6 Å². The topological polar surface area (TPSA) is 98.1 Å². The smallest absolute Gasteiger partial charge is 0.434 e. The van der Waals surface area contributed by atoms with Crippen LogP contribution in [-0.4, -0.2) is 47.6 Å². The Morgan fingerprint density at radius 3 is 2.69 bits per heavy atom. The molecule has 1 unspecified atom stereocenters. The molecule has 1 amide bonds. The van der Waals surface area contributed by atoms with Crippen LogP contribution in [-0.2, 0) is 17.4 Å². The predicted molar refractivity (Wildman–Crippen MR) is 126 cm³/mol. The molecule has 8 nitrogen and oxygen atoms in total. The van der Waals surface area contributed by atoms with Crippen molar-refractivity contribution in [2.45, 2.75) is 25.1 Å². The molecule has 0 spiro atoms. The number of alkyl halides is 3. The summed E-state index contributed by atoms with van der Waals surface area (Å²) in [4.78, 5) is 22.1. The maximum absolute atomic E-state index is 14.3. The fraction of sp³-hybridized carbons (Fsp3) is 0.250. The lowest BCUT2D eigenvalue weighted by Gasteiger charge is -2.19. The molecule has 36 heavy (non-hydrogen) atoms. The molecule has 1 atom stereocenters. The van der Waals surface area contributed by atoms with Crippen LogP contribution < -0.4 is 15.5 Å². The third kappa shape index (κ3) is 4.79. The molecule has 188 valence electrons. The number of benzene rings is 2. The van der Waals surface area contributed by atoms with E-state index in [1.54, 1.807) is 25.2 Å². The molecule has 2 heterocycles. The summed E-state index contributed by atoms with van der Waals surface area (Å²) >= 11 is 0. The zero-order chi connectivity index (χ0) is 26.0. The molecule has 0 bridgehead atoms. The van der Waals surface area contributed by atoms with Gasteiger partial charge in [-0.3, -0.25) is 9.79 Å². The maximum Gasteiger partial charge on any atom is 0.434 e. The molecule has 0 fully saturated rings. The minimum Gasteiger partial charge on any atom is -0.495 e. The summed E-state index contributed by atoms with van der Waals surface area (Å²) in [6.07, 6.45) is -0.736. The van der Waals surface area contributed by atoms with Crippen LogP contribution in [0.5, 0.6) is 5.75 Å². The Balaban J connectivity index is 1.58. The van der Waals surface area contributed by atoms with Gasteiger partial charge in [-0.15, -0.1) is 0 Å². The van der Waals surface area contributed by atoms with Gasteiger partial charge in [-0.05, 0) is 37.1 Å². The molecule has 2 N–H and O–H groups in total. The molecule has 0 saturated carbocycles. The quantitative estimate of drug-likeness (QED) is 0.249. The monoisotopic (exact) mass is 502 g/mol. The van der Waals surface area contributed by atoms with Crippen LogP contribution in [0.4, 0.5) is 23.2 Å². The van der Waals surface area contributed by atoms with E-state index < -0.39 is 17.9 Å². The lowest BCUT2D eigenvalue weighted by Crippen LogP contribution is -2.34. The van der Waals surface area contributed by atoms with Gasteiger partial charge in [-0.25, -0.2) is 9.37 Å². The number of carbonyl (C=O) groups excluding carboxylic acids is 1. The van der Waals surface area contributed by atoms with Crippen LogP contribution in [0.25, 0.3) is 5.69 Å². The van der Waals surface area contributed by atoms with Gasteiger partial charge in [0.05, 0.1) is 25.3 Å². The first-order valence-electron chi connectivity index (χ1n) is 10.8. The van der Waals surface area contributed by atoms with E-state index in [9.17, 15) is 22.4 Å². The first-order valence-corrected chi connectivity index (χ1v) is 10.8. The van der Waals surface area contributed by atoms with Crippen LogP contribution in [0.15, 0.2) is 59.0 Å². The van der Waals surface area contributed by atoms with E-state index in [2.05, 4.69) is 15.1 Å².